The molecule has 2 N–H and O–H groups in total. The number of carbonyl (C=O) groups excluding carboxylic acids is 1. The lowest BCUT2D eigenvalue weighted by molar-refractivity contribution is -0.0817. The van der Waals surface area contributed by atoms with Gasteiger partial charge in [0.2, 0.25) is 0 Å². The van der Waals surface area contributed by atoms with E-state index in [0.717, 1.165) is 30.6 Å². The Balaban J connectivity index is 1.54. The Morgan fingerprint density at radius 1 is 1.15 bits per heavy atom. The van der Waals surface area contributed by atoms with Crippen LogP contribution in [0.1, 0.15) is 23.2 Å². The van der Waals surface area contributed by atoms with Crippen molar-refractivity contribution in [1.82, 2.24) is 10.2 Å². The first-order valence-electron chi connectivity index (χ1n) is 9.13. The summed E-state index contributed by atoms with van der Waals surface area (Å²) in [5.41, 5.74) is 2.03. The standard InChI is InChI=1S/C21H23ClN2O2/c22-19-6-2-4-16(12-19)15-3-1-5-17(11-15)20(25)24-10-8-21(26)7-9-23-13-18(21)14-24/h1-6,11-12,18,23,26H,7-10,13-14H2. The van der Waals surface area contributed by atoms with Gasteiger partial charge in [-0.2, -0.15) is 0 Å². The molecular weight excluding hydrogens is 348 g/mol. The zero-order chi connectivity index (χ0) is 18.1. The molecule has 2 fully saturated rings. The number of aliphatic hydroxyl groups is 1. The Bertz CT molecular complexity index is 825. The molecule has 0 aromatic heterocycles. The quantitative estimate of drug-likeness (QED) is 0.853. The van der Waals surface area contributed by atoms with Crippen molar-refractivity contribution in [2.75, 3.05) is 26.2 Å². The average molecular weight is 371 g/mol. The highest BCUT2D eigenvalue weighted by molar-refractivity contribution is 6.30. The van der Waals surface area contributed by atoms with E-state index in [9.17, 15) is 9.90 Å². The molecule has 0 spiro atoms. The fourth-order valence-electron chi connectivity index (χ4n) is 4.09. The average Bonchev–Trinajstić information content (AvgIpc) is 2.67. The van der Waals surface area contributed by atoms with Gasteiger partial charge >= 0.3 is 0 Å². The Kier molecular flexibility index (Phi) is 4.74. The molecule has 136 valence electrons. The highest BCUT2D eigenvalue weighted by Crippen LogP contribution is 2.33. The number of hydrogen-bond donors (Lipinski definition) is 2. The molecule has 1 amide bonds. The third-order valence-corrected chi connectivity index (χ3v) is 5.93. The molecule has 4 rings (SSSR count). The van der Waals surface area contributed by atoms with E-state index in [1.165, 1.54) is 0 Å². The Labute approximate surface area is 158 Å². The molecule has 0 aliphatic carbocycles. The number of piperidine rings is 2. The van der Waals surface area contributed by atoms with Crippen LogP contribution in [0.3, 0.4) is 0 Å². The summed E-state index contributed by atoms with van der Waals surface area (Å²) in [6, 6.07) is 15.3. The van der Waals surface area contributed by atoms with Gasteiger partial charge in [-0.05, 0) is 54.8 Å². The van der Waals surface area contributed by atoms with Crippen LogP contribution < -0.4 is 5.32 Å². The highest BCUT2D eigenvalue weighted by atomic mass is 35.5. The molecule has 0 bridgehead atoms. The van der Waals surface area contributed by atoms with Crippen molar-refractivity contribution in [3.8, 4) is 11.1 Å². The van der Waals surface area contributed by atoms with E-state index in [0.29, 0.717) is 30.1 Å². The maximum Gasteiger partial charge on any atom is 0.253 e. The van der Waals surface area contributed by atoms with E-state index in [1.54, 1.807) is 0 Å². The van der Waals surface area contributed by atoms with Crippen molar-refractivity contribution >= 4 is 17.5 Å². The Hall–Kier alpha value is -1.88. The lowest BCUT2D eigenvalue weighted by atomic mass is 9.76. The van der Waals surface area contributed by atoms with Crippen LogP contribution in [0.5, 0.6) is 0 Å². The lowest BCUT2D eigenvalue weighted by Gasteiger charge is -2.47. The first-order chi connectivity index (χ1) is 12.5. The Morgan fingerprint density at radius 2 is 1.92 bits per heavy atom. The highest BCUT2D eigenvalue weighted by Gasteiger charge is 2.43. The van der Waals surface area contributed by atoms with Gasteiger partial charge in [0.05, 0.1) is 5.60 Å². The van der Waals surface area contributed by atoms with Crippen LogP contribution in [-0.4, -0.2) is 47.7 Å². The van der Waals surface area contributed by atoms with Crippen molar-refractivity contribution in [2.45, 2.75) is 18.4 Å². The summed E-state index contributed by atoms with van der Waals surface area (Å²) >= 11 is 6.09. The zero-order valence-electron chi connectivity index (χ0n) is 14.6. The molecular formula is C21H23ClN2O2. The molecule has 5 heteroatoms. The number of hydrogen-bond acceptors (Lipinski definition) is 3. The largest absolute Gasteiger partial charge is 0.389 e. The van der Waals surface area contributed by atoms with E-state index in [4.69, 9.17) is 11.6 Å². The van der Waals surface area contributed by atoms with E-state index >= 15 is 0 Å². The summed E-state index contributed by atoms with van der Waals surface area (Å²) < 4.78 is 0. The lowest BCUT2D eigenvalue weighted by Crippen LogP contribution is -2.59. The van der Waals surface area contributed by atoms with Crippen LogP contribution in [0.25, 0.3) is 11.1 Å². The molecule has 0 radical (unpaired) electrons. The number of benzene rings is 2. The van der Waals surface area contributed by atoms with Crippen LogP contribution in [0.4, 0.5) is 0 Å². The normalized spacial score (nSPS) is 25.6. The monoisotopic (exact) mass is 370 g/mol. The van der Waals surface area contributed by atoms with Gasteiger partial charge in [-0.3, -0.25) is 4.79 Å². The summed E-state index contributed by atoms with van der Waals surface area (Å²) in [6.07, 6.45) is 1.42. The summed E-state index contributed by atoms with van der Waals surface area (Å²) in [7, 11) is 0. The number of amides is 1. The third kappa shape index (κ3) is 3.37. The summed E-state index contributed by atoms with van der Waals surface area (Å²) in [4.78, 5) is 14.9. The molecule has 26 heavy (non-hydrogen) atoms. The van der Waals surface area contributed by atoms with Crippen LogP contribution in [-0.2, 0) is 0 Å². The van der Waals surface area contributed by atoms with E-state index in [-0.39, 0.29) is 11.8 Å². The number of rotatable bonds is 2. The number of fused-ring (bicyclic) bond motifs is 1. The maximum absolute atomic E-state index is 13.0. The zero-order valence-corrected chi connectivity index (χ0v) is 15.4. The van der Waals surface area contributed by atoms with Crippen molar-refractivity contribution in [3.05, 3.63) is 59.1 Å². The molecule has 0 saturated carbocycles. The minimum atomic E-state index is -0.620. The van der Waals surface area contributed by atoms with Gasteiger partial charge in [0.15, 0.2) is 0 Å². The fourth-order valence-corrected chi connectivity index (χ4v) is 4.28. The number of nitrogens with zero attached hydrogens (tertiary/aromatic N) is 1. The van der Waals surface area contributed by atoms with Gasteiger partial charge in [0.25, 0.3) is 5.91 Å². The van der Waals surface area contributed by atoms with Crippen molar-refractivity contribution in [3.63, 3.8) is 0 Å². The molecule has 2 unspecified atom stereocenters. The van der Waals surface area contributed by atoms with E-state index in [2.05, 4.69) is 5.32 Å². The second kappa shape index (κ2) is 7.03. The first kappa shape index (κ1) is 17.5. The first-order valence-corrected chi connectivity index (χ1v) is 9.51. The molecule has 2 atom stereocenters. The van der Waals surface area contributed by atoms with E-state index in [1.807, 2.05) is 53.4 Å². The summed E-state index contributed by atoms with van der Waals surface area (Å²) in [6.45, 7) is 2.82. The third-order valence-electron chi connectivity index (χ3n) is 5.70. The van der Waals surface area contributed by atoms with Gasteiger partial charge in [0.1, 0.15) is 0 Å². The number of nitrogens with one attached hydrogen (secondary N) is 1. The van der Waals surface area contributed by atoms with Crippen molar-refractivity contribution in [1.29, 1.82) is 0 Å². The van der Waals surface area contributed by atoms with Crippen molar-refractivity contribution in [2.24, 2.45) is 5.92 Å². The van der Waals surface area contributed by atoms with Gasteiger partial charge in [-0.15, -0.1) is 0 Å². The molecule has 2 heterocycles. The fraction of sp³-hybridized carbons (Fsp3) is 0.381. The molecule has 2 saturated heterocycles. The summed E-state index contributed by atoms with van der Waals surface area (Å²) in [5, 5.41) is 14.8. The van der Waals surface area contributed by atoms with Crippen LogP contribution in [0.15, 0.2) is 48.5 Å². The Morgan fingerprint density at radius 3 is 2.73 bits per heavy atom. The van der Waals surface area contributed by atoms with E-state index < -0.39 is 5.60 Å². The predicted molar refractivity (Wildman–Crippen MR) is 103 cm³/mol. The molecule has 4 nitrogen and oxygen atoms in total. The number of carbonyl (C=O) groups is 1. The second-order valence-corrected chi connectivity index (χ2v) is 7.78. The van der Waals surface area contributed by atoms with Crippen molar-refractivity contribution < 1.29 is 9.90 Å². The van der Waals surface area contributed by atoms with Gasteiger partial charge in [0, 0.05) is 36.1 Å². The predicted octanol–water partition coefficient (Wildman–Crippen LogP) is 3.19. The van der Waals surface area contributed by atoms with Gasteiger partial charge in [-0.1, -0.05) is 35.9 Å². The maximum atomic E-state index is 13.0. The van der Waals surface area contributed by atoms with Gasteiger partial charge in [-0.25, -0.2) is 0 Å². The SMILES string of the molecule is O=C(c1cccc(-c2cccc(Cl)c2)c1)N1CCC2(O)CCNCC2C1. The summed E-state index contributed by atoms with van der Waals surface area (Å²) in [5.74, 6) is 0.131. The minimum absolute atomic E-state index is 0.0292. The topological polar surface area (TPSA) is 52.6 Å². The van der Waals surface area contributed by atoms with Crippen LogP contribution in [0.2, 0.25) is 5.02 Å². The smallest absolute Gasteiger partial charge is 0.253 e. The number of likely N-dealkylation sites (tertiary alicyclic amines) is 1. The molecule has 2 aliphatic rings. The molecule has 2 aliphatic heterocycles. The van der Waals surface area contributed by atoms with Crippen LogP contribution >= 0.6 is 11.6 Å². The molecule has 2 aromatic rings. The van der Waals surface area contributed by atoms with Crippen LogP contribution in [0, 0.1) is 5.92 Å². The molecule has 2 aromatic carbocycles. The van der Waals surface area contributed by atoms with Gasteiger partial charge < -0.3 is 15.3 Å². The minimum Gasteiger partial charge on any atom is -0.389 e. The number of halogens is 1. The second-order valence-electron chi connectivity index (χ2n) is 7.35.